The summed E-state index contributed by atoms with van der Waals surface area (Å²) in [6, 6.07) is 15.1. The second kappa shape index (κ2) is 7.48. The number of hydrogen-bond acceptors (Lipinski definition) is 4. The molecular formula is C18H14F2N4O. The Morgan fingerprint density at radius 1 is 0.880 bits per heavy atom. The van der Waals surface area contributed by atoms with Crippen LogP contribution in [0, 0.1) is 11.6 Å². The van der Waals surface area contributed by atoms with Gasteiger partial charge < -0.3 is 10.6 Å². The van der Waals surface area contributed by atoms with E-state index in [4.69, 9.17) is 0 Å². The number of hydrogen-bond donors (Lipinski definition) is 2. The molecule has 0 atom stereocenters. The van der Waals surface area contributed by atoms with E-state index in [0.717, 1.165) is 0 Å². The van der Waals surface area contributed by atoms with E-state index in [-0.39, 0.29) is 18.1 Å². The van der Waals surface area contributed by atoms with Crippen LogP contribution in [0.3, 0.4) is 0 Å². The van der Waals surface area contributed by atoms with Gasteiger partial charge in [0.05, 0.1) is 6.42 Å². The fourth-order valence-electron chi connectivity index (χ4n) is 2.15. The number of carbonyl (C=O) groups is 1. The lowest BCUT2D eigenvalue weighted by atomic mass is 10.1. The average Bonchev–Trinajstić information content (AvgIpc) is 2.61. The lowest BCUT2D eigenvalue weighted by molar-refractivity contribution is -0.115. The molecule has 1 aromatic heterocycles. The standard InChI is InChI=1S/C18H14F2N4O/c19-13-5-7-14(8-6-13)21-16-9-10-17(24-23-16)22-18(25)11-12-3-1-2-4-15(12)20/h1-10H,11H2,(H,21,23)(H,22,24,25). The van der Waals surface area contributed by atoms with E-state index in [1.807, 2.05) is 0 Å². The summed E-state index contributed by atoms with van der Waals surface area (Å²) < 4.78 is 26.4. The quantitative estimate of drug-likeness (QED) is 0.743. The molecule has 1 heterocycles. The second-order valence-corrected chi connectivity index (χ2v) is 5.25. The van der Waals surface area contributed by atoms with Gasteiger partial charge >= 0.3 is 0 Å². The van der Waals surface area contributed by atoms with Crippen molar-refractivity contribution in [2.75, 3.05) is 10.6 Å². The summed E-state index contributed by atoms with van der Waals surface area (Å²) >= 11 is 0. The molecule has 0 aliphatic carbocycles. The number of nitrogens with zero attached hydrogens (tertiary/aromatic N) is 2. The van der Waals surface area contributed by atoms with Crippen molar-refractivity contribution in [3.8, 4) is 0 Å². The fourth-order valence-corrected chi connectivity index (χ4v) is 2.15. The summed E-state index contributed by atoms with van der Waals surface area (Å²) in [5, 5.41) is 13.3. The fraction of sp³-hybridized carbons (Fsp3) is 0.0556. The van der Waals surface area contributed by atoms with E-state index in [0.29, 0.717) is 17.1 Å². The molecule has 3 aromatic rings. The highest BCUT2D eigenvalue weighted by atomic mass is 19.1. The molecule has 0 aliphatic rings. The van der Waals surface area contributed by atoms with Gasteiger partial charge in [-0.2, -0.15) is 0 Å². The Kier molecular flexibility index (Phi) is 4.94. The van der Waals surface area contributed by atoms with Crippen LogP contribution in [0.4, 0.5) is 26.1 Å². The maximum absolute atomic E-state index is 13.5. The molecule has 0 spiro atoms. The Bertz CT molecular complexity index is 867. The molecule has 0 saturated heterocycles. The van der Waals surface area contributed by atoms with Gasteiger partial charge in [-0.15, -0.1) is 10.2 Å². The molecule has 0 unspecified atom stereocenters. The first-order valence-electron chi connectivity index (χ1n) is 7.50. The third-order valence-electron chi connectivity index (χ3n) is 3.36. The van der Waals surface area contributed by atoms with Gasteiger partial charge in [0.2, 0.25) is 5.91 Å². The van der Waals surface area contributed by atoms with Crippen LogP contribution in [0.25, 0.3) is 0 Å². The number of aromatic nitrogens is 2. The third-order valence-corrected chi connectivity index (χ3v) is 3.36. The van der Waals surface area contributed by atoms with Crippen LogP contribution < -0.4 is 10.6 Å². The van der Waals surface area contributed by atoms with E-state index in [1.165, 1.54) is 18.2 Å². The predicted octanol–water partition coefficient (Wildman–Crippen LogP) is 3.68. The van der Waals surface area contributed by atoms with Crippen molar-refractivity contribution in [2.24, 2.45) is 0 Å². The molecule has 0 fully saturated rings. The van der Waals surface area contributed by atoms with Crippen molar-refractivity contribution in [3.63, 3.8) is 0 Å². The van der Waals surface area contributed by atoms with Gasteiger partial charge in [0, 0.05) is 5.69 Å². The zero-order valence-corrected chi connectivity index (χ0v) is 13.0. The number of amides is 1. The number of nitrogens with one attached hydrogen (secondary N) is 2. The highest BCUT2D eigenvalue weighted by Gasteiger charge is 2.09. The van der Waals surface area contributed by atoms with Gasteiger partial charge in [0.15, 0.2) is 11.6 Å². The predicted molar refractivity (Wildman–Crippen MR) is 90.4 cm³/mol. The monoisotopic (exact) mass is 340 g/mol. The Morgan fingerprint density at radius 3 is 2.24 bits per heavy atom. The van der Waals surface area contributed by atoms with Crippen molar-refractivity contribution in [1.82, 2.24) is 10.2 Å². The van der Waals surface area contributed by atoms with Crippen LogP contribution in [0.1, 0.15) is 5.56 Å². The molecule has 2 aromatic carbocycles. The van der Waals surface area contributed by atoms with Gasteiger partial charge in [-0.05, 0) is 48.0 Å². The molecule has 5 nitrogen and oxygen atoms in total. The molecule has 2 N–H and O–H groups in total. The Balaban J connectivity index is 1.59. The number of rotatable bonds is 5. The minimum atomic E-state index is -0.428. The van der Waals surface area contributed by atoms with E-state index in [1.54, 1.807) is 42.5 Å². The Morgan fingerprint density at radius 2 is 1.56 bits per heavy atom. The van der Waals surface area contributed by atoms with Crippen molar-refractivity contribution >= 4 is 23.2 Å². The van der Waals surface area contributed by atoms with E-state index in [9.17, 15) is 13.6 Å². The minimum absolute atomic E-state index is 0.0933. The molecule has 126 valence electrons. The van der Waals surface area contributed by atoms with Crippen LogP contribution >= 0.6 is 0 Å². The maximum Gasteiger partial charge on any atom is 0.230 e. The zero-order valence-electron chi connectivity index (χ0n) is 13.0. The lowest BCUT2D eigenvalue weighted by Crippen LogP contribution is -2.16. The molecule has 3 rings (SSSR count). The molecule has 1 amide bonds. The third kappa shape index (κ3) is 4.57. The molecule has 0 aliphatic heterocycles. The summed E-state index contributed by atoms with van der Waals surface area (Å²) in [4.78, 5) is 11.9. The van der Waals surface area contributed by atoms with Crippen LogP contribution in [0.5, 0.6) is 0 Å². The van der Waals surface area contributed by atoms with Crippen molar-refractivity contribution < 1.29 is 13.6 Å². The largest absolute Gasteiger partial charge is 0.339 e. The highest BCUT2D eigenvalue weighted by Crippen LogP contribution is 2.15. The summed E-state index contributed by atoms with van der Waals surface area (Å²) in [5.41, 5.74) is 0.967. The first kappa shape index (κ1) is 16.5. The van der Waals surface area contributed by atoms with Gasteiger partial charge in [0.25, 0.3) is 0 Å². The maximum atomic E-state index is 13.5. The number of carbonyl (C=O) groups excluding carboxylic acids is 1. The summed E-state index contributed by atoms with van der Waals surface area (Å²) in [5.74, 6) is -0.449. The first-order valence-corrected chi connectivity index (χ1v) is 7.50. The van der Waals surface area contributed by atoms with Crippen LogP contribution in [-0.4, -0.2) is 16.1 Å². The Hall–Kier alpha value is -3.35. The molecule has 0 radical (unpaired) electrons. The van der Waals surface area contributed by atoms with E-state index >= 15 is 0 Å². The van der Waals surface area contributed by atoms with Crippen molar-refractivity contribution in [3.05, 3.63) is 77.9 Å². The number of anilines is 3. The van der Waals surface area contributed by atoms with Crippen molar-refractivity contribution in [2.45, 2.75) is 6.42 Å². The summed E-state index contributed by atoms with van der Waals surface area (Å²) in [6.07, 6.45) is -0.0933. The lowest BCUT2D eigenvalue weighted by Gasteiger charge is -2.07. The van der Waals surface area contributed by atoms with Gasteiger partial charge in [-0.3, -0.25) is 4.79 Å². The minimum Gasteiger partial charge on any atom is -0.339 e. The average molecular weight is 340 g/mol. The smallest absolute Gasteiger partial charge is 0.230 e. The van der Waals surface area contributed by atoms with E-state index < -0.39 is 11.7 Å². The topological polar surface area (TPSA) is 66.9 Å². The normalized spacial score (nSPS) is 10.3. The van der Waals surface area contributed by atoms with Crippen molar-refractivity contribution in [1.29, 1.82) is 0 Å². The molecule has 25 heavy (non-hydrogen) atoms. The number of benzene rings is 2. The molecule has 7 heteroatoms. The van der Waals surface area contributed by atoms with Crippen LogP contribution in [0.15, 0.2) is 60.7 Å². The van der Waals surface area contributed by atoms with Gasteiger partial charge in [-0.1, -0.05) is 18.2 Å². The van der Waals surface area contributed by atoms with Crippen LogP contribution in [0.2, 0.25) is 0 Å². The second-order valence-electron chi connectivity index (χ2n) is 5.25. The first-order chi connectivity index (χ1) is 12.1. The Labute approximate surface area is 142 Å². The molecular weight excluding hydrogens is 326 g/mol. The van der Waals surface area contributed by atoms with Crippen LogP contribution in [-0.2, 0) is 11.2 Å². The molecule has 0 saturated carbocycles. The molecule has 0 bridgehead atoms. The van der Waals surface area contributed by atoms with E-state index in [2.05, 4.69) is 20.8 Å². The van der Waals surface area contributed by atoms with Gasteiger partial charge in [0.1, 0.15) is 11.6 Å². The highest BCUT2D eigenvalue weighted by molar-refractivity contribution is 5.91. The number of halogens is 2. The van der Waals surface area contributed by atoms with Gasteiger partial charge in [-0.25, -0.2) is 8.78 Å². The SMILES string of the molecule is O=C(Cc1ccccc1F)Nc1ccc(Nc2ccc(F)cc2)nn1. The summed E-state index contributed by atoms with van der Waals surface area (Å²) in [7, 11) is 0. The summed E-state index contributed by atoms with van der Waals surface area (Å²) in [6.45, 7) is 0. The zero-order chi connectivity index (χ0) is 17.6.